The Morgan fingerprint density at radius 1 is 0.730 bits per heavy atom. The summed E-state index contributed by atoms with van der Waals surface area (Å²) in [7, 11) is -3.29. The largest absolute Gasteiger partial charge is 0.460 e. The van der Waals surface area contributed by atoms with Crippen molar-refractivity contribution in [2.75, 3.05) is 0 Å². The van der Waals surface area contributed by atoms with Gasteiger partial charge in [-0.1, -0.05) is 135 Å². The average molecular weight is 512 g/mol. The lowest BCUT2D eigenvalue weighted by atomic mass is 10.0. The quantitative estimate of drug-likeness (QED) is 0.186. The molecular weight excluding hydrogens is 477 g/mol. The summed E-state index contributed by atoms with van der Waals surface area (Å²) in [5, 5.41) is 5.02. The van der Waals surface area contributed by atoms with Crippen LogP contribution in [0.1, 0.15) is 37.2 Å². The Hall–Kier alpha value is -3.46. The maximum atomic E-state index is 15.3. The monoisotopic (exact) mass is 511 g/mol. The molecular formula is C32H34NO3P. The van der Waals surface area contributed by atoms with E-state index in [0.717, 1.165) is 21.7 Å². The Labute approximate surface area is 220 Å². The molecule has 0 aliphatic rings. The number of hydrogen-bond donors (Lipinski definition) is 1. The molecule has 1 N–H and O–H groups in total. The highest BCUT2D eigenvalue weighted by atomic mass is 31.2. The van der Waals surface area contributed by atoms with Gasteiger partial charge in [0.2, 0.25) is 0 Å². The van der Waals surface area contributed by atoms with Crippen molar-refractivity contribution in [3.05, 3.63) is 132 Å². The van der Waals surface area contributed by atoms with Crippen LogP contribution in [0.3, 0.4) is 0 Å². The molecule has 4 rings (SSSR count). The van der Waals surface area contributed by atoms with Crippen LogP contribution in [-0.2, 0) is 20.7 Å². The van der Waals surface area contributed by atoms with E-state index < -0.39 is 19.0 Å². The summed E-state index contributed by atoms with van der Waals surface area (Å²) in [6, 6.07) is 37.9. The minimum Gasteiger partial charge on any atom is -0.460 e. The van der Waals surface area contributed by atoms with Crippen molar-refractivity contribution in [1.29, 1.82) is 0 Å². The topological polar surface area (TPSA) is 55.4 Å². The lowest BCUT2D eigenvalue weighted by Gasteiger charge is -2.33. The highest BCUT2D eigenvalue weighted by Crippen LogP contribution is 2.56. The van der Waals surface area contributed by atoms with Gasteiger partial charge in [-0.25, -0.2) is 0 Å². The standard InChI is InChI=1S/C32H34NO3P/c1-25(2)23-30(32(34)36-24-26-15-7-3-8-16-26)33-31(27-17-9-4-10-18-27)37(35,28-19-11-5-12-20-28)29-21-13-6-14-22-29/h3-22,25,30-31,33H,23-24H2,1-2H3/t30-,31?/m0/s1. The van der Waals surface area contributed by atoms with Crippen LogP contribution in [0.5, 0.6) is 0 Å². The van der Waals surface area contributed by atoms with Gasteiger partial charge in [0.25, 0.3) is 0 Å². The van der Waals surface area contributed by atoms with Crippen molar-refractivity contribution < 1.29 is 14.1 Å². The summed E-state index contributed by atoms with van der Waals surface area (Å²) in [6.45, 7) is 4.34. The molecule has 0 fully saturated rings. The van der Waals surface area contributed by atoms with Gasteiger partial charge in [0, 0.05) is 10.6 Å². The number of esters is 1. The molecule has 0 spiro atoms. The summed E-state index contributed by atoms with van der Waals surface area (Å²) in [6.07, 6.45) is 0.556. The number of carbonyl (C=O) groups is 1. The second-order valence-electron chi connectivity index (χ2n) is 9.58. The van der Waals surface area contributed by atoms with E-state index in [9.17, 15) is 4.79 Å². The average Bonchev–Trinajstić information content (AvgIpc) is 2.95. The first kappa shape index (κ1) is 26.6. The van der Waals surface area contributed by atoms with E-state index in [0.29, 0.717) is 6.42 Å². The molecule has 0 saturated carbocycles. The van der Waals surface area contributed by atoms with E-state index in [2.05, 4.69) is 19.2 Å². The second kappa shape index (κ2) is 12.7. The fourth-order valence-corrected chi connectivity index (χ4v) is 7.62. The van der Waals surface area contributed by atoms with Gasteiger partial charge in [-0.3, -0.25) is 10.1 Å². The van der Waals surface area contributed by atoms with Gasteiger partial charge in [-0.05, 0) is 23.5 Å². The molecule has 2 atom stereocenters. The molecule has 4 aromatic rings. The van der Waals surface area contributed by atoms with E-state index in [-0.39, 0.29) is 18.5 Å². The third-order valence-electron chi connectivity index (χ3n) is 6.33. The van der Waals surface area contributed by atoms with Crippen molar-refractivity contribution in [3.8, 4) is 0 Å². The molecule has 0 saturated heterocycles. The molecule has 0 aliphatic heterocycles. The number of rotatable bonds is 11. The molecule has 0 aromatic heterocycles. The van der Waals surface area contributed by atoms with Crippen LogP contribution >= 0.6 is 7.14 Å². The van der Waals surface area contributed by atoms with Crippen LogP contribution in [0.25, 0.3) is 0 Å². The van der Waals surface area contributed by atoms with E-state index in [1.807, 2.05) is 121 Å². The Kier molecular flexibility index (Phi) is 9.11. The number of hydrogen-bond acceptors (Lipinski definition) is 4. The van der Waals surface area contributed by atoms with Gasteiger partial charge >= 0.3 is 5.97 Å². The number of carbonyl (C=O) groups excluding carboxylic acids is 1. The zero-order chi connectivity index (χ0) is 26.1. The van der Waals surface area contributed by atoms with Gasteiger partial charge in [0.1, 0.15) is 12.6 Å². The lowest BCUT2D eigenvalue weighted by molar-refractivity contribution is -0.148. The van der Waals surface area contributed by atoms with Gasteiger partial charge in [-0.2, -0.15) is 0 Å². The molecule has 1 unspecified atom stereocenters. The van der Waals surface area contributed by atoms with E-state index >= 15 is 4.57 Å². The fourth-order valence-electron chi connectivity index (χ4n) is 4.52. The second-order valence-corrected chi connectivity index (χ2v) is 12.4. The van der Waals surface area contributed by atoms with E-state index in [1.165, 1.54) is 0 Å². The van der Waals surface area contributed by atoms with Gasteiger partial charge < -0.3 is 9.30 Å². The minimum absolute atomic E-state index is 0.195. The summed E-state index contributed by atoms with van der Waals surface area (Å²) < 4.78 is 21.1. The smallest absolute Gasteiger partial charge is 0.323 e. The van der Waals surface area contributed by atoms with Crippen molar-refractivity contribution in [2.45, 2.75) is 38.7 Å². The van der Waals surface area contributed by atoms with Crippen LogP contribution < -0.4 is 15.9 Å². The predicted molar refractivity (Wildman–Crippen MR) is 152 cm³/mol. The van der Waals surface area contributed by atoms with Crippen LogP contribution in [0, 0.1) is 5.92 Å². The molecule has 0 bridgehead atoms. The predicted octanol–water partition coefficient (Wildman–Crippen LogP) is 6.45. The summed E-state index contributed by atoms with van der Waals surface area (Å²) in [5.74, 6) is -0.733. The summed E-state index contributed by atoms with van der Waals surface area (Å²) in [5.41, 5.74) is 1.79. The maximum absolute atomic E-state index is 15.3. The Morgan fingerprint density at radius 3 is 1.68 bits per heavy atom. The van der Waals surface area contributed by atoms with E-state index in [1.54, 1.807) is 0 Å². The minimum atomic E-state index is -3.29. The number of ether oxygens (including phenoxy) is 1. The van der Waals surface area contributed by atoms with Gasteiger partial charge in [0.05, 0.1) is 5.78 Å². The molecule has 190 valence electrons. The lowest BCUT2D eigenvalue weighted by Crippen LogP contribution is -2.43. The zero-order valence-corrected chi connectivity index (χ0v) is 22.3. The molecule has 4 aromatic carbocycles. The molecule has 37 heavy (non-hydrogen) atoms. The summed E-state index contributed by atoms with van der Waals surface area (Å²) in [4.78, 5) is 13.4. The zero-order valence-electron chi connectivity index (χ0n) is 21.4. The fraction of sp³-hybridized carbons (Fsp3) is 0.219. The first-order chi connectivity index (χ1) is 18.0. The van der Waals surface area contributed by atoms with Crippen molar-refractivity contribution in [3.63, 3.8) is 0 Å². The molecule has 0 radical (unpaired) electrons. The molecule has 0 heterocycles. The first-order valence-corrected chi connectivity index (χ1v) is 14.5. The summed E-state index contributed by atoms with van der Waals surface area (Å²) >= 11 is 0. The third-order valence-corrected chi connectivity index (χ3v) is 9.64. The number of nitrogens with one attached hydrogen (secondary N) is 1. The molecule has 0 aliphatic carbocycles. The number of benzene rings is 4. The van der Waals surface area contributed by atoms with Crippen LogP contribution in [0.2, 0.25) is 0 Å². The molecule has 5 heteroatoms. The SMILES string of the molecule is CC(C)C[C@H](NC(c1ccccc1)P(=O)(c1ccccc1)c1ccccc1)C(=O)OCc1ccccc1. The Bertz CT molecular complexity index is 1250. The van der Waals surface area contributed by atoms with Crippen molar-refractivity contribution >= 4 is 23.7 Å². The van der Waals surface area contributed by atoms with Crippen LogP contribution in [0.4, 0.5) is 0 Å². The normalized spacial score (nSPS) is 13.2. The van der Waals surface area contributed by atoms with Crippen molar-refractivity contribution in [1.82, 2.24) is 5.32 Å². The van der Waals surface area contributed by atoms with Crippen LogP contribution in [-0.4, -0.2) is 12.0 Å². The third kappa shape index (κ3) is 6.65. The van der Waals surface area contributed by atoms with E-state index in [4.69, 9.17) is 4.74 Å². The Balaban J connectivity index is 1.75. The molecule has 0 amide bonds. The molecule has 4 nitrogen and oxygen atoms in total. The maximum Gasteiger partial charge on any atom is 0.323 e. The highest BCUT2D eigenvalue weighted by Gasteiger charge is 2.40. The van der Waals surface area contributed by atoms with Crippen molar-refractivity contribution in [2.24, 2.45) is 5.92 Å². The van der Waals surface area contributed by atoms with Gasteiger partial charge in [-0.15, -0.1) is 0 Å². The first-order valence-electron chi connectivity index (χ1n) is 12.7. The van der Waals surface area contributed by atoms with Crippen LogP contribution in [0.15, 0.2) is 121 Å². The highest BCUT2D eigenvalue weighted by molar-refractivity contribution is 7.79. The van der Waals surface area contributed by atoms with Gasteiger partial charge in [0.15, 0.2) is 7.14 Å². The Morgan fingerprint density at radius 2 is 1.19 bits per heavy atom.